The predicted molar refractivity (Wildman–Crippen MR) is 99.3 cm³/mol. The van der Waals surface area contributed by atoms with Gasteiger partial charge in [0.05, 0.1) is 0 Å². The van der Waals surface area contributed by atoms with Crippen molar-refractivity contribution in [2.24, 2.45) is 0 Å². The first-order valence-corrected chi connectivity index (χ1v) is 8.74. The number of rotatable bonds is 4. The molecule has 0 N–H and O–H groups in total. The molecule has 1 aromatic carbocycles. The number of likely N-dealkylation sites (tertiary alicyclic amines) is 1. The van der Waals surface area contributed by atoms with Crippen LogP contribution in [0.2, 0.25) is 0 Å². The Morgan fingerprint density at radius 1 is 1.17 bits per heavy atom. The summed E-state index contributed by atoms with van der Waals surface area (Å²) < 4.78 is 0. The molecule has 4 nitrogen and oxygen atoms in total. The van der Waals surface area contributed by atoms with Gasteiger partial charge in [0.15, 0.2) is 0 Å². The van der Waals surface area contributed by atoms with Gasteiger partial charge >= 0.3 is 0 Å². The van der Waals surface area contributed by atoms with E-state index in [1.165, 1.54) is 17.5 Å². The van der Waals surface area contributed by atoms with E-state index in [4.69, 9.17) is 0 Å². The first kappa shape index (κ1) is 16.9. The Bertz CT molecular complexity index is 646. The van der Waals surface area contributed by atoms with Crippen LogP contribution in [0, 0.1) is 0 Å². The molecule has 1 fully saturated rings. The van der Waals surface area contributed by atoms with Crippen LogP contribution < -0.4 is 4.90 Å². The quantitative estimate of drug-likeness (QED) is 0.862. The van der Waals surface area contributed by atoms with Crippen molar-refractivity contribution >= 4 is 5.82 Å². The maximum absolute atomic E-state index is 4.36. The van der Waals surface area contributed by atoms with E-state index in [1.54, 1.807) is 6.33 Å². The smallest absolute Gasteiger partial charge is 0.131 e. The Kier molecular flexibility index (Phi) is 4.86. The number of aromatic nitrogens is 2. The number of hydrogen-bond acceptors (Lipinski definition) is 4. The summed E-state index contributed by atoms with van der Waals surface area (Å²) in [4.78, 5) is 13.2. The monoisotopic (exact) mass is 324 g/mol. The molecule has 0 bridgehead atoms. The minimum Gasteiger partial charge on any atom is -0.355 e. The van der Waals surface area contributed by atoms with Gasteiger partial charge in [-0.25, -0.2) is 9.97 Å². The highest BCUT2D eigenvalue weighted by Gasteiger charge is 2.26. The molecule has 0 saturated carbocycles. The summed E-state index contributed by atoms with van der Waals surface area (Å²) in [5, 5.41) is 0. The predicted octanol–water partition coefficient (Wildman–Crippen LogP) is 3.48. The molecule has 128 valence electrons. The molecule has 1 saturated heterocycles. The third-order valence-electron chi connectivity index (χ3n) is 4.95. The van der Waals surface area contributed by atoms with Crippen LogP contribution in [0.3, 0.4) is 0 Å². The highest BCUT2D eigenvalue weighted by molar-refractivity contribution is 5.37. The highest BCUT2D eigenvalue weighted by atomic mass is 15.3. The second-order valence-corrected chi connectivity index (χ2v) is 7.80. The third kappa shape index (κ3) is 3.93. The topological polar surface area (TPSA) is 32.3 Å². The fourth-order valence-electron chi connectivity index (χ4n) is 3.32. The SMILES string of the molecule is CN(c1ccncn1)C1CCN(Cc2ccc(C(C)(C)C)cc2)C1. The van der Waals surface area contributed by atoms with Crippen molar-refractivity contribution in [3.8, 4) is 0 Å². The van der Waals surface area contributed by atoms with Gasteiger partial charge in [-0.05, 0) is 29.0 Å². The number of likely N-dealkylation sites (N-methyl/N-ethyl adjacent to an activating group) is 1. The molecule has 1 atom stereocenters. The van der Waals surface area contributed by atoms with E-state index in [-0.39, 0.29) is 5.41 Å². The molecule has 0 radical (unpaired) electrons. The molecule has 2 aromatic rings. The molecule has 2 heterocycles. The second kappa shape index (κ2) is 6.89. The molecule has 0 amide bonds. The number of nitrogens with zero attached hydrogens (tertiary/aromatic N) is 4. The summed E-state index contributed by atoms with van der Waals surface area (Å²) in [5.74, 6) is 1.01. The molecule has 1 unspecified atom stereocenters. The van der Waals surface area contributed by atoms with Gasteiger partial charge in [0.2, 0.25) is 0 Å². The molecule has 0 aliphatic carbocycles. The normalized spacial score (nSPS) is 18.8. The van der Waals surface area contributed by atoms with Gasteiger partial charge < -0.3 is 4.90 Å². The van der Waals surface area contributed by atoms with Crippen LogP contribution in [0.4, 0.5) is 5.82 Å². The van der Waals surface area contributed by atoms with E-state index in [9.17, 15) is 0 Å². The lowest BCUT2D eigenvalue weighted by Crippen LogP contribution is -2.34. The second-order valence-electron chi connectivity index (χ2n) is 7.80. The Labute approximate surface area is 145 Å². The first-order valence-electron chi connectivity index (χ1n) is 8.74. The van der Waals surface area contributed by atoms with Crippen LogP contribution in [0.5, 0.6) is 0 Å². The Balaban J connectivity index is 1.58. The number of benzene rings is 1. The van der Waals surface area contributed by atoms with Crippen LogP contribution in [-0.2, 0) is 12.0 Å². The maximum atomic E-state index is 4.36. The molecule has 3 rings (SSSR count). The molecular formula is C20H28N4. The highest BCUT2D eigenvalue weighted by Crippen LogP contribution is 2.24. The molecule has 1 aliphatic rings. The van der Waals surface area contributed by atoms with Crippen molar-refractivity contribution in [3.05, 3.63) is 54.0 Å². The standard InChI is InChI=1S/C20H28N4/c1-20(2,3)17-7-5-16(6-8-17)13-24-12-10-18(14-24)23(4)19-9-11-21-15-22-19/h5-9,11,15,18H,10,12-14H2,1-4H3. The zero-order valence-corrected chi connectivity index (χ0v) is 15.2. The number of hydrogen-bond donors (Lipinski definition) is 0. The van der Waals surface area contributed by atoms with Crippen molar-refractivity contribution in [1.82, 2.24) is 14.9 Å². The molecular weight excluding hydrogens is 296 g/mol. The van der Waals surface area contributed by atoms with Crippen LogP contribution >= 0.6 is 0 Å². The Morgan fingerprint density at radius 2 is 1.92 bits per heavy atom. The zero-order chi connectivity index (χ0) is 17.2. The molecule has 0 spiro atoms. The summed E-state index contributed by atoms with van der Waals surface area (Å²) in [5.41, 5.74) is 3.01. The third-order valence-corrected chi connectivity index (χ3v) is 4.95. The van der Waals surface area contributed by atoms with Crippen molar-refractivity contribution in [2.75, 3.05) is 25.0 Å². The summed E-state index contributed by atoms with van der Waals surface area (Å²) in [7, 11) is 2.13. The minimum absolute atomic E-state index is 0.220. The lowest BCUT2D eigenvalue weighted by molar-refractivity contribution is 0.325. The minimum atomic E-state index is 0.220. The lowest BCUT2D eigenvalue weighted by atomic mass is 9.87. The Hall–Kier alpha value is -1.94. The van der Waals surface area contributed by atoms with Crippen LogP contribution in [0.15, 0.2) is 42.9 Å². The van der Waals surface area contributed by atoms with E-state index >= 15 is 0 Å². The van der Waals surface area contributed by atoms with E-state index in [0.717, 1.165) is 25.5 Å². The summed E-state index contributed by atoms with van der Waals surface area (Å²) in [6.07, 6.45) is 4.61. The first-order chi connectivity index (χ1) is 11.4. The van der Waals surface area contributed by atoms with Crippen molar-refractivity contribution in [1.29, 1.82) is 0 Å². The average Bonchev–Trinajstić information content (AvgIpc) is 3.03. The van der Waals surface area contributed by atoms with E-state index in [2.05, 4.69) is 71.9 Å². The summed E-state index contributed by atoms with van der Waals surface area (Å²) in [6, 6.07) is 11.6. The van der Waals surface area contributed by atoms with E-state index < -0.39 is 0 Å². The maximum Gasteiger partial charge on any atom is 0.131 e. The molecule has 1 aliphatic heterocycles. The lowest BCUT2D eigenvalue weighted by Gasteiger charge is -2.26. The van der Waals surface area contributed by atoms with Gasteiger partial charge in [-0.1, -0.05) is 45.0 Å². The molecule has 24 heavy (non-hydrogen) atoms. The van der Waals surface area contributed by atoms with E-state index in [0.29, 0.717) is 6.04 Å². The van der Waals surface area contributed by atoms with Crippen LogP contribution in [-0.4, -0.2) is 41.0 Å². The molecule has 4 heteroatoms. The summed E-state index contributed by atoms with van der Waals surface area (Å²) >= 11 is 0. The van der Waals surface area contributed by atoms with Crippen molar-refractivity contribution in [2.45, 2.75) is 45.2 Å². The number of anilines is 1. The van der Waals surface area contributed by atoms with E-state index in [1.807, 2.05) is 12.3 Å². The van der Waals surface area contributed by atoms with Gasteiger partial charge in [-0.3, -0.25) is 4.90 Å². The molecule has 1 aromatic heterocycles. The van der Waals surface area contributed by atoms with Crippen LogP contribution in [0.1, 0.15) is 38.3 Å². The van der Waals surface area contributed by atoms with Gasteiger partial charge in [0, 0.05) is 38.9 Å². The average molecular weight is 324 g/mol. The fourth-order valence-corrected chi connectivity index (χ4v) is 3.32. The van der Waals surface area contributed by atoms with Crippen LogP contribution in [0.25, 0.3) is 0 Å². The van der Waals surface area contributed by atoms with Gasteiger partial charge in [0.25, 0.3) is 0 Å². The summed E-state index contributed by atoms with van der Waals surface area (Å²) in [6.45, 7) is 10.0. The zero-order valence-electron chi connectivity index (χ0n) is 15.2. The largest absolute Gasteiger partial charge is 0.355 e. The van der Waals surface area contributed by atoms with Gasteiger partial charge in [-0.2, -0.15) is 0 Å². The Morgan fingerprint density at radius 3 is 2.54 bits per heavy atom. The van der Waals surface area contributed by atoms with Gasteiger partial charge in [-0.15, -0.1) is 0 Å². The van der Waals surface area contributed by atoms with Gasteiger partial charge in [0.1, 0.15) is 12.1 Å². The van der Waals surface area contributed by atoms with Crippen molar-refractivity contribution < 1.29 is 0 Å². The van der Waals surface area contributed by atoms with Crippen molar-refractivity contribution in [3.63, 3.8) is 0 Å². The fraction of sp³-hybridized carbons (Fsp3) is 0.500.